The molecule has 16 heavy (non-hydrogen) atoms. The van der Waals surface area contributed by atoms with Crippen molar-refractivity contribution in [2.45, 2.75) is 32.1 Å². The largest absolute Gasteiger partial charge is 0.371 e. The zero-order valence-corrected chi connectivity index (χ0v) is 12.6. The summed E-state index contributed by atoms with van der Waals surface area (Å²) in [7, 11) is 2.13. The zero-order valence-electron chi connectivity index (χ0n) is 10.3. The Morgan fingerprint density at radius 2 is 1.94 bits per heavy atom. The molecule has 0 aromatic heterocycles. The molecule has 1 atom stereocenters. The molecule has 0 aliphatic heterocycles. The topological polar surface area (TPSA) is 3.24 Å². The summed E-state index contributed by atoms with van der Waals surface area (Å²) in [4.78, 5) is 2.30. The van der Waals surface area contributed by atoms with Crippen LogP contribution in [0.4, 0.5) is 5.69 Å². The van der Waals surface area contributed by atoms with Crippen molar-refractivity contribution in [3.8, 4) is 0 Å². The average Bonchev–Trinajstić information content (AvgIpc) is 2.26. The molecule has 0 N–H and O–H groups in total. The van der Waals surface area contributed by atoms with E-state index >= 15 is 0 Å². The lowest BCUT2D eigenvalue weighted by molar-refractivity contribution is 0.505. The Balaban J connectivity index is 3.05. The second-order valence-corrected chi connectivity index (χ2v) is 5.50. The van der Waals surface area contributed by atoms with Crippen molar-refractivity contribution in [3.63, 3.8) is 0 Å². The second-order valence-electron chi connectivity index (χ2n) is 4.50. The van der Waals surface area contributed by atoms with Gasteiger partial charge < -0.3 is 4.90 Å². The van der Waals surface area contributed by atoms with Gasteiger partial charge in [-0.05, 0) is 30.5 Å². The quantitative estimate of drug-likeness (QED) is 0.728. The molecule has 0 amide bonds. The molecule has 0 radical (unpaired) electrons. The lowest BCUT2D eigenvalue weighted by Crippen LogP contribution is -2.33. The van der Waals surface area contributed by atoms with E-state index in [1.807, 2.05) is 12.1 Å². The van der Waals surface area contributed by atoms with Crippen molar-refractivity contribution in [1.82, 2.24) is 0 Å². The Kier molecular flexibility index (Phi) is 5.13. The molecular weight excluding hydrogens is 286 g/mol. The minimum atomic E-state index is 0.497. The number of rotatable bonds is 4. The molecule has 0 bridgehead atoms. The monoisotopic (exact) mass is 303 g/mol. The van der Waals surface area contributed by atoms with Crippen molar-refractivity contribution in [3.05, 3.63) is 28.8 Å². The van der Waals surface area contributed by atoms with Gasteiger partial charge in [-0.2, -0.15) is 0 Å². The van der Waals surface area contributed by atoms with Crippen LogP contribution in [0.25, 0.3) is 0 Å². The SMILES string of the molecule is CC(C)C(C)N(C)c1cc(Cl)ccc1CBr. The summed E-state index contributed by atoms with van der Waals surface area (Å²) in [6, 6.07) is 6.55. The summed E-state index contributed by atoms with van der Waals surface area (Å²) in [5.74, 6) is 0.618. The van der Waals surface area contributed by atoms with Gasteiger partial charge in [-0.1, -0.05) is 47.4 Å². The number of hydrogen-bond acceptors (Lipinski definition) is 1. The van der Waals surface area contributed by atoms with Crippen LogP contribution in [0.2, 0.25) is 5.02 Å². The van der Waals surface area contributed by atoms with E-state index < -0.39 is 0 Å². The van der Waals surface area contributed by atoms with E-state index in [0.29, 0.717) is 12.0 Å². The first-order chi connectivity index (χ1) is 7.47. The van der Waals surface area contributed by atoms with Crippen LogP contribution in [0, 0.1) is 5.92 Å². The Hall–Kier alpha value is -0.210. The summed E-state index contributed by atoms with van der Waals surface area (Å²) in [6.45, 7) is 6.71. The molecular formula is C13H19BrClN. The Morgan fingerprint density at radius 1 is 1.31 bits per heavy atom. The Labute approximate surface area is 112 Å². The first-order valence-corrected chi connectivity index (χ1v) is 7.04. The van der Waals surface area contributed by atoms with Gasteiger partial charge in [0.25, 0.3) is 0 Å². The van der Waals surface area contributed by atoms with Crippen LogP contribution >= 0.6 is 27.5 Å². The predicted octanol–water partition coefficient (Wildman–Crippen LogP) is 4.72. The minimum Gasteiger partial charge on any atom is -0.371 e. The van der Waals surface area contributed by atoms with Crippen LogP contribution in [0.5, 0.6) is 0 Å². The number of halogens is 2. The van der Waals surface area contributed by atoms with Crippen molar-refractivity contribution >= 4 is 33.2 Å². The molecule has 0 aliphatic rings. The van der Waals surface area contributed by atoms with Gasteiger partial charge in [-0.25, -0.2) is 0 Å². The summed E-state index contributed by atoms with van der Waals surface area (Å²) in [5, 5.41) is 1.65. The highest BCUT2D eigenvalue weighted by Gasteiger charge is 2.16. The fraction of sp³-hybridized carbons (Fsp3) is 0.538. The lowest BCUT2D eigenvalue weighted by Gasteiger charge is -2.31. The van der Waals surface area contributed by atoms with Crippen LogP contribution in [0.3, 0.4) is 0 Å². The molecule has 0 heterocycles. The van der Waals surface area contributed by atoms with E-state index in [1.165, 1.54) is 11.3 Å². The third-order valence-electron chi connectivity index (χ3n) is 3.15. The predicted molar refractivity (Wildman–Crippen MR) is 76.8 cm³/mol. The van der Waals surface area contributed by atoms with Crippen molar-refractivity contribution in [1.29, 1.82) is 0 Å². The second kappa shape index (κ2) is 5.92. The summed E-state index contributed by atoms with van der Waals surface area (Å²) in [6.07, 6.45) is 0. The van der Waals surface area contributed by atoms with Gasteiger partial charge in [-0.15, -0.1) is 0 Å². The smallest absolute Gasteiger partial charge is 0.0426 e. The maximum Gasteiger partial charge on any atom is 0.0426 e. The van der Waals surface area contributed by atoms with Crippen LogP contribution < -0.4 is 4.90 Å². The van der Waals surface area contributed by atoms with Crippen LogP contribution in [-0.4, -0.2) is 13.1 Å². The van der Waals surface area contributed by atoms with E-state index in [1.54, 1.807) is 0 Å². The first kappa shape index (κ1) is 13.9. The highest BCUT2D eigenvalue weighted by Crippen LogP contribution is 2.28. The van der Waals surface area contributed by atoms with Gasteiger partial charge >= 0.3 is 0 Å². The Bertz CT molecular complexity index is 352. The number of nitrogens with zero attached hydrogens (tertiary/aromatic N) is 1. The molecule has 1 aromatic carbocycles. The molecule has 0 saturated carbocycles. The van der Waals surface area contributed by atoms with Crippen molar-refractivity contribution in [2.24, 2.45) is 5.92 Å². The summed E-state index contributed by atoms with van der Waals surface area (Å²) < 4.78 is 0. The van der Waals surface area contributed by atoms with Crippen LogP contribution in [-0.2, 0) is 5.33 Å². The minimum absolute atomic E-state index is 0.497. The fourth-order valence-corrected chi connectivity index (χ4v) is 2.29. The van der Waals surface area contributed by atoms with Gasteiger partial charge in [0.1, 0.15) is 0 Å². The number of hydrogen-bond donors (Lipinski definition) is 0. The van der Waals surface area contributed by atoms with Gasteiger partial charge in [0, 0.05) is 29.1 Å². The van der Waals surface area contributed by atoms with Crippen molar-refractivity contribution in [2.75, 3.05) is 11.9 Å². The maximum atomic E-state index is 6.06. The third kappa shape index (κ3) is 3.14. The van der Waals surface area contributed by atoms with Gasteiger partial charge in [-0.3, -0.25) is 0 Å². The summed E-state index contributed by atoms with van der Waals surface area (Å²) >= 11 is 9.58. The molecule has 1 aromatic rings. The van der Waals surface area contributed by atoms with Crippen LogP contribution in [0.15, 0.2) is 18.2 Å². The number of alkyl halides is 1. The van der Waals surface area contributed by atoms with E-state index in [2.05, 4.69) is 54.7 Å². The highest BCUT2D eigenvalue weighted by atomic mass is 79.9. The summed E-state index contributed by atoms with van der Waals surface area (Å²) in [5.41, 5.74) is 2.49. The van der Waals surface area contributed by atoms with E-state index in [0.717, 1.165) is 10.4 Å². The molecule has 3 heteroatoms. The van der Waals surface area contributed by atoms with E-state index in [9.17, 15) is 0 Å². The van der Waals surface area contributed by atoms with E-state index in [-0.39, 0.29) is 0 Å². The molecule has 0 fully saturated rings. The maximum absolute atomic E-state index is 6.06. The van der Waals surface area contributed by atoms with Gasteiger partial charge in [0.05, 0.1) is 0 Å². The molecule has 0 saturated heterocycles. The fourth-order valence-electron chi connectivity index (χ4n) is 1.64. The molecule has 1 rings (SSSR count). The van der Waals surface area contributed by atoms with Crippen LogP contribution in [0.1, 0.15) is 26.3 Å². The standard InChI is InChI=1S/C13H19BrClN/c1-9(2)10(3)16(4)13-7-12(15)6-5-11(13)8-14/h5-7,9-10H,8H2,1-4H3. The van der Waals surface area contributed by atoms with Crippen molar-refractivity contribution < 1.29 is 0 Å². The average molecular weight is 305 g/mol. The molecule has 1 nitrogen and oxygen atoms in total. The highest BCUT2D eigenvalue weighted by molar-refractivity contribution is 9.08. The molecule has 90 valence electrons. The molecule has 0 aliphatic carbocycles. The first-order valence-electron chi connectivity index (χ1n) is 5.54. The van der Waals surface area contributed by atoms with Gasteiger partial charge in [0.2, 0.25) is 0 Å². The normalized spacial score (nSPS) is 12.9. The molecule has 0 spiro atoms. The van der Waals surface area contributed by atoms with Gasteiger partial charge in [0.15, 0.2) is 0 Å². The Morgan fingerprint density at radius 3 is 2.44 bits per heavy atom. The molecule has 1 unspecified atom stereocenters. The lowest BCUT2D eigenvalue weighted by atomic mass is 10.0. The number of benzene rings is 1. The van der Waals surface area contributed by atoms with E-state index in [4.69, 9.17) is 11.6 Å². The third-order valence-corrected chi connectivity index (χ3v) is 3.99. The zero-order chi connectivity index (χ0) is 12.3. The number of anilines is 1.